The normalized spacial score (nSPS) is 21.5. The Hall–Kier alpha value is -2.83. The Morgan fingerprint density at radius 3 is 2.57 bits per heavy atom. The molecular weight excluding hydrogens is 354 g/mol. The third-order valence-corrected chi connectivity index (χ3v) is 5.76. The molecule has 5 rings (SSSR count). The number of benzene rings is 1. The summed E-state index contributed by atoms with van der Waals surface area (Å²) >= 11 is 0. The SMILES string of the molecule is Cc1[nH]c(-c2ccccc2)nc1C(=O)N1C[C@H]2CC[C@@H]1CN(C(=O)N(C)C)C2. The fourth-order valence-corrected chi connectivity index (χ4v) is 4.31. The van der Waals surface area contributed by atoms with Crippen LogP contribution in [0.15, 0.2) is 30.3 Å². The Labute approximate surface area is 165 Å². The molecule has 3 aliphatic rings. The molecule has 3 fully saturated rings. The third-order valence-electron chi connectivity index (χ3n) is 5.76. The van der Waals surface area contributed by atoms with Gasteiger partial charge in [-0.2, -0.15) is 0 Å². The second-order valence-corrected chi connectivity index (χ2v) is 8.06. The Kier molecular flexibility index (Phi) is 4.83. The van der Waals surface area contributed by atoms with Gasteiger partial charge in [0.25, 0.3) is 5.91 Å². The Morgan fingerprint density at radius 1 is 1.11 bits per heavy atom. The first kappa shape index (κ1) is 18.5. The number of H-pyrrole nitrogens is 1. The molecule has 2 bridgehead atoms. The van der Waals surface area contributed by atoms with E-state index in [1.165, 1.54) is 0 Å². The number of fused-ring (bicyclic) bond motifs is 4. The molecule has 2 aromatic rings. The van der Waals surface area contributed by atoms with Crippen molar-refractivity contribution in [2.24, 2.45) is 5.92 Å². The second kappa shape index (κ2) is 7.30. The van der Waals surface area contributed by atoms with Gasteiger partial charge in [0.15, 0.2) is 0 Å². The summed E-state index contributed by atoms with van der Waals surface area (Å²) in [5.74, 6) is 0.995. The number of nitrogens with zero attached hydrogens (tertiary/aromatic N) is 4. The van der Waals surface area contributed by atoms with Gasteiger partial charge in [0.1, 0.15) is 11.5 Å². The lowest BCUT2D eigenvalue weighted by Gasteiger charge is -2.35. The van der Waals surface area contributed by atoms with Crippen molar-refractivity contribution in [3.05, 3.63) is 41.7 Å². The summed E-state index contributed by atoms with van der Waals surface area (Å²) in [5.41, 5.74) is 2.23. The number of rotatable bonds is 2. The van der Waals surface area contributed by atoms with E-state index in [0.717, 1.165) is 24.1 Å². The molecule has 1 aromatic carbocycles. The van der Waals surface area contributed by atoms with E-state index in [4.69, 9.17) is 0 Å². The number of carbonyl (C=O) groups is 2. The molecule has 1 N–H and O–H groups in total. The summed E-state index contributed by atoms with van der Waals surface area (Å²) < 4.78 is 0. The van der Waals surface area contributed by atoms with Gasteiger partial charge in [0.05, 0.1) is 0 Å². The smallest absolute Gasteiger partial charge is 0.319 e. The van der Waals surface area contributed by atoms with E-state index in [9.17, 15) is 9.59 Å². The Balaban J connectivity index is 1.57. The highest BCUT2D eigenvalue weighted by Crippen LogP contribution is 2.30. The van der Waals surface area contributed by atoms with E-state index in [2.05, 4.69) is 9.97 Å². The van der Waals surface area contributed by atoms with Crippen LogP contribution in [-0.2, 0) is 0 Å². The maximum Gasteiger partial charge on any atom is 0.319 e. The number of amides is 3. The molecule has 2 atom stereocenters. The second-order valence-electron chi connectivity index (χ2n) is 8.06. The number of hydrogen-bond acceptors (Lipinski definition) is 3. The topological polar surface area (TPSA) is 72.5 Å². The van der Waals surface area contributed by atoms with Crippen molar-refractivity contribution in [1.29, 1.82) is 0 Å². The molecule has 0 spiro atoms. The zero-order valence-corrected chi connectivity index (χ0v) is 16.7. The van der Waals surface area contributed by atoms with E-state index < -0.39 is 0 Å². The minimum atomic E-state index is -0.0372. The summed E-state index contributed by atoms with van der Waals surface area (Å²) in [6.07, 6.45) is 1.99. The highest BCUT2D eigenvalue weighted by Gasteiger charge is 2.40. The number of urea groups is 1. The maximum absolute atomic E-state index is 13.3. The van der Waals surface area contributed by atoms with Crippen LogP contribution in [0.2, 0.25) is 0 Å². The molecular formula is C21H27N5O2. The van der Waals surface area contributed by atoms with Gasteiger partial charge >= 0.3 is 6.03 Å². The lowest BCUT2D eigenvalue weighted by Crippen LogP contribution is -2.48. The molecule has 3 saturated heterocycles. The molecule has 1 aromatic heterocycles. The minimum absolute atomic E-state index is 0.0218. The Morgan fingerprint density at radius 2 is 1.86 bits per heavy atom. The molecule has 0 unspecified atom stereocenters. The number of piperidine rings is 1. The van der Waals surface area contributed by atoms with Crippen molar-refractivity contribution in [2.75, 3.05) is 33.7 Å². The summed E-state index contributed by atoms with van der Waals surface area (Å²) in [5, 5.41) is 0. The summed E-state index contributed by atoms with van der Waals surface area (Å²) in [6.45, 7) is 3.89. The summed E-state index contributed by atoms with van der Waals surface area (Å²) in [4.78, 5) is 39.1. The van der Waals surface area contributed by atoms with Gasteiger partial charge in [-0.1, -0.05) is 30.3 Å². The average molecular weight is 381 g/mol. The molecule has 7 nitrogen and oxygen atoms in total. The van der Waals surface area contributed by atoms with Gasteiger partial charge in [-0.3, -0.25) is 4.79 Å². The third kappa shape index (κ3) is 3.37. The van der Waals surface area contributed by atoms with Crippen LogP contribution in [0.4, 0.5) is 4.79 Å². The van der Waals surface area contributed by atoms with Gasteiger partial charge in [-0.15, -0.1) is 0 Å². The predicted octanol–water partition coefficient (Wildman–Crippen LogP) is 2.60. The van der Waals surface area contributed by atoms with E-state index in [1.54, 1.807) is 19.0 Å². The number of carbonyl (C=O) groups excluding carboxylic acids is 2. The number of hydrogen-bond donors (Lipinski definition) is 1. The lowest BCUT2D eigenvalue weighted by molar-refractivity contribution is 0.0579. The predicted molar refractivity (Wildman–Crippen MR) is 107 cm³/mol. The number of aromatic nitrogens is 2. The molecule has 28 heavy (non-hydrogen) atoms. The molecule has 148 valence electrons. The fourth-order valence-electron chi connectivity index (χ4n) is 4.31. The first-order valence-electron chi connectivity index (χ1n) is 9.83. The summed E-state index contributed by atoms with van der Waals surface area (Å²) in [7, 11) is 3.55. The van der Waals surface area contributed by atoms with E-state index in [-0.39, 0.29) is 18.0 Å². The fraction of sp³-hybridized carbons (Fsp3) is 0.476. The summed E-state index contributed by atoms with van der Waals surface area (Å²) in [6, 6.07) is 9.90. The number of aromatic amines is 1. The van der Waals surface area contributed by atoms with Gasteiger partial charge in [-0.05, 0) is 25.7 Å². The van der Waals surface area contributed by atoms with Crippen LogP contribution >= 0.6 is 0 Å². The molecule has 0 radical (unpaired) electrons. The lowest BCUT2D eigenvalue weighted by atomic mass is 9.94. The van der Waals surface area contributed by atoms with E-state index >= 15 is 0 Å². The number of imidazole rings is 1. The van der Waals surface area contributed by atoms with E-state index in [0.29, 0.717) is 37.1 Å². The minimum Gasteiger partial charge on any atom is -0.341 e. The van der Waals surface area contributed by atoms with Crippen molar-refractivity contribution in [3.8, 4) is 11.4 Å². The number of nitrogens with one attached hydrogen (secondary N) is 1. The Bertz CT molecular complexity index is 876. The van der Waals surface area contributed by atoms with Gasteiger partial charge in [0.2, 0.25) is 0 Å². The molecule has 0 aliphatic carbocycles. The van der Waals surface area contributed by atoms with Crippen LogP contribution in [0.1, 0.15) is 29.0 Å². The van der Waals surface area contributed by atoms with Crippen molar-refractivity contribution in [2.45, 2.75) is 25.8 Å². The van der Waals surface area contributed by atoms with Crippen LogP contribution in [0, 0.1) is 12.8 Å². The first-order valence-corrected chi connectivity index (χ1v) is 9.83. The van der Waals surface area contributed by atoms with Crippen LogP contribution in [0.3, 0.4) is 0 Å². The first-order chi connectivity index (χ1) is 13.4. The van der Waals surface area contributed by atoms with Crippen LogP contribution in [-0.4, -0.2) is 76.4 Å². The van der Waals surface area contributed by atoms with Crippen LogP contribution < -0.4 is 0 Å². The quantitative estimate of drug-likeness (QED) is 0.869. The monoisotopic (exact) mass is 381 g/mol. The van der Waals surface area contributed by atoms with Crippen molar-refractivity contribution in [3.63, 3.8) is 0 Å². The maximum atomic E-state index is 13.3. The molecule has 3 amide bonds. The van der Waals surface area contributed by atoms with Crippen LogP contribution in [0.25, 0.3) is 11.4 Å². The van der Waals surface area contributed by atoms with Crippen molar-refractivity contribution >= 4 is 11.9 Å². The highest BCUT2D eigenvalue weighted by molar-refractivity contribution is 5.94. The van der Waals surface area contributed by atoms with Gasteiger partial charge in [-0.25, -0.2) is 9.78 Å². The highest BCUT2D eigenvalue weighted by atomic mass is 16.2. The van der Waals surface area contributed by atoms with Crippen LogP contribution in [0.5, 0.6) is 0 Å². The molecule has 3 aliphatic heterocycles. The zero-order valence-electron chi connectivity index (χ0n) is 16.7. The standard InChI is InChI=1S/C21H27N5O2/c1-14-18(23-19(22-14)16-7-5-4-6-8-16)20(27)26-12-15-9-10-17(26)13-25(11-15)21(28)24(2)3/h4-8,15,17H,9-13H2,1-3H3,(H,22,23)/t15-,17+/m0/s1. The largest absolute Gasteiger partial charge is 0.341 e. The van der Waals surface area contributed by atoms with Gasteiger partial charge in [0, 0.05) is 51.0 Å². The molecule has 4 heterocycles. The van der Waals surface area contributed by atoms with Crippen molar-refractivity contribution < 1.29 is 9.59 Å². The molecule has 7 heteroatoms. The zero-order chi connectivity index (χ0) is 19.8. The number of aryl methyl sites for hydroxylation is 1. The molecule has 0 saturated carbocycles. The average Bonchev–Trinajstić information content (AvgIpc) is 2.87. The van der Waals surface area contributed by atoms with Crippen molar-refractivity contribution in [1.82, 2.24) is 24.7 Å². The van der Waals surface area contributed by atoms with E-state index in [1.807, 2.05) is 47.1 Å². The van der Waals surface area contributed by atoms with Gasteiger partial charge < -0.3 is 19.7 Å².